The summed E-state index contributed by atoms with van der Waals surface area (Å²) in [6.07, 6.45) is -0.351. The molecule has 9 nitrogen and oxygen atoms in total. The topological polar surface area (TPSA) is 159 Å². The average Bonchev–Trinajstić information content (AvgIpc) is 2.41. The van der Waals surface area contributed by atoms with E-state index in [2.05, 4.69) is 23.3 Å². The van der Waals surface area contributed by atoms with Crippen LogP contribution >= 0.6 is 12.6 Å². The van der Waals surface area contributed by atoms with Crippen LogP contribution < -0.4 is 16.4 Å². The number of hydrogen-bond donors (Lipinski definition) is 6. The zero-order valence-corrected chi connectivity index (χ0v) is 12.3. The number of nitrogens with one attached hydrogen (secondary N) is 2. The molecule has 10 heteroatoms. The lowest BCUT2D eigenvalue weighted by molar-refractivity contribution is -0.141. The predicted octanol–water partition coefficient (Wildman–Crippen LogP) is -1.82. The van der Waals surface area contributed by atoms with Gasteiger partial charge in [-0.1, -0.05) is 0 Å². The van der Waals surface area contributed by atoms with Crippen molar-refractivity contribution in [3.05, 3.63) is 0 Å². The van der Waals surface area contributed by atoms with Crippen LogP contribution in [-0.2, 0) is 19.2 Å². The minimum atomic E-state index is -1.22. The predicted molar refractivity (Wildman–Crippen MR) is 75.9 cm³/mol. The van der Waals surface area contributed by atoms with E-state index in [1.807, 2.05) is 0 Å². The van der Waals surface area contributed by atoms with Crippen molar-refractivity contribution in [2.45, 2.75) is 37.9 Å². The van der Waals surface area contributed by atoms with E-state index in [0.29, 0.717) is 0 Å². The molecule has 0 saturated carbocycles. The Labute approximate surface area is 126 Å². The van der Waals surface area contributed by atoms with Gasteiger partial charge in [0.05, 0.1) is 6.04 Å². The lowest BCUT2D eigenvalue weighted by Crippen LogP contribution is -2.54. The van der Waals surface area contributed by atoms with Crippen molar-refractivity contribution in [2.24, 2.45) is 5.73 Å². The minimum Gasteiger partial charge on any atom is -0.481 e. The number of rotatable bonds is 9. The average molecular weight is 321 g/mol. The first-order valence-corrected chi connectivity index (χ1v) is 6.74. The maximum atomic E-state index is 11.7. The lowest BCUT2D eigenvalue weighted by atomic mass is 10.1. The monoisotopic (exact) mass is 321 g/mol. The first-order chi connectivity index (χ1) is 9.68. The van der Waals surface area contributed by atoms with Gasteiger partial charge in [0.15, 0.2) is 0 Å². The molecule has 0 rings (SSSR count). The van der Waals surface area contributed by atoms with Crippen molar-refractivity contribution in [1.29, 1.82) is 0 Å². The molecule has 0 aliphatic rings. The van der Waals surface area contributed by atoms with E-state index in [0.717, 1.165) is 0 Å². The normalized spacial score (nSPS) is 14.6. The third kappa shape index (κ3) is 7.51. The maximum absolute atomic E-state index is 11.7. The summed E-state index contributed by atoms with van der Waals surface area (Å²) in [5, 5.41) is 21.7. The van der Waals surface area contributed by atoms with Gasteiger partial charge in [-0.15, -0.1) is 0 Å². The highest BCUT2D eigenvalue weighted by molar-refractivity contribution is 7.80. The third-order valence-electron chi connectivity index (χ3n) is 2.55. The number of hydrogen-bond acceptors (Lipinski definition) is 6. The van der Waals surface area contributed by atoms with E-state index < -0.39 is 41.9 Å². The van der Waals surface area contributed by atoms with Crippen molar-refractivity contribution in [2.75, 3.05) is 5.75 Å². The Hall–Kier alpha value is -1.81. The maximum Gasteiger partial charge on any atom is 0.325 e. The Kier molecular flexibility index (Phi) is 8.39. The molecule has 0 bridgehead atoms. The summed E-state index contributed by atoms with van der Waals surface area (Å²) < 4.78 is 0. The van der Waals surface area contributed by atoms with Gasteiger partial charge in [0.25, 0.3) is 0 Å². The standard InChI is InChI=1S/C11H19N3O6S/c1-5(11(19)20)13-10(18)7(4-21)14-9(17)6(12)2-3-8(15)16/h5-7,21H,2-4,12H2,1H3,(H,13,18)(H,14,17)(H,15,16)(H,19,20)/t5-,6-,7-/m0/s1. The van der Waals surface area contributed by atoms with Crippen molar-refractivity contribution >= 4 is 36.4 Å². The van der Waals surface area contributed by atoms with Crippen molar-refractivity contribution in [3.63, 3.8) is 0 Å². The summed E-state index contributed by atoms with van der Waals surface area (Å²) in [4.78, 5) is 44.4. The smallest absolute Gasteiger partial charge is 0.325 e. The fourth-order valence-corrected chi connectivity index (χ4v) is 1.52. The van der Waals surface area contributed by atoms with Gasteiger partial charge in [-0.3, -0.25) is 19.2 Å². The van der Waals surface area contributed by atoms with Crippen LogP contribution in [0.4, 0.5) is 0 Å². The van der Waals surface area contributed by atoms with Gasteiger partial charge < -0.3 is 26.6 Å². The van der Waals surface area contributed by atoms with Crippen LogP contribution in [-0.4, -0.2) is 57.8 Å². The molecule has 2 amide bonds. The zero-order valence-electron chi connectivity index (χ0n) is 11.4. The zero-order chi connectivity index (χ0) is 16.6. The van der Waals surface area contributed by atoms with Gasteiger partial charge >= 0.3 is 11.9 Å². The van der Waals surface area contributed by atoms with Gasteiger partial charge in [0.2, 0.25) is 11.8 Å². The summed E-state index contributed by atoms with van der Waals surface area (Å²) in [5.41, 5.74) is 5.49. The molecule has 3 atom stereocenters. The molecule has 0 saturated heterocycles. The molecule has 0 unspecified atom stereocenters. The molecule has 0 spiro atoms. The number of amides is 2. The molecule has 21 heavy (non-hydrogen) atoms. The van der Waals surface area contributed by atoms with E-state index in [-0.39, 0.29) is 18.6 Å². The molecule has 0 aliphatic heterocycles. The van der Waals surface area contributed by atoms with Crippen LogP contribution in [0.3, 0.4) is 0 Å². The number of carbonyl (C=O) groups is 4. The Morgan fingerprint density at radius 2 is 1.71 bits per heavy atom. The van der Waals surface area contributed by atoms with E-state index in [4.69, 9.17) is 15.9 Å². The van der Waals surface area contributed by atoms with E-state index in [9.17, 15) is 19.2 Å². The Morgan fingerprint density at radius 3 is 2.14 bits per heavy atom. The SMILES string of the molecule is C[C@H](NC(=O)[C@H](CS)NC(=O)[C@@H](N)CCC(=O)O)C(=O)O. The Bertz CT molecular complexity index is 417. The fraction of sp³-hybridized carbons (Fsp3) is 0.636. The second-order valence-corrected chi connectivity index (χ2v) is 4.72. The van der Waals surface area contributed by atoms with Crippen LogP contribution in [0.5, 0.6) is 0 Å². The van der Waals surface area contributed by atoms with E-state index in [1.165, 1.54) is 6.92 Å². The number of carboxylic acid groups (broad SMARTS) is 2. The number of nitrogens with two attached hydrogens (primary N) is 1. The van der Waals surface area contributed by atoms with Gasteiger partial charge in [-0.2, -0.15) is 12.6 Å². The molecule has 0 radical (unpaired) electrons. The number of carboxylic acids is 2. The van der Waals surface area contributed by atoms with Crippen LogP contribution in [0.25, 0.3) is 0 Å². The highest BCUT2D eigenvalue weighted by Crippen LogP contribution is 1.97. The summed E-state index contributed by atoms with van der Waals surface area (Å²) in [5.74, 6) is -3.77. The van der Waals surface area contributed by atoms with Crippen molar-refractivity contribution < 1.29 is 29.4 Å². The molecule has 0 aliphatic carbocycles. The van der Waals surface area contributed by atoms with E-state index >= 15 is 0 Å². The van der Waals surface area contributed by atoms with E-state index in [1.54, 1.807) is 0 Å². The lowest BCUT2D eigenvalue weighted by Gasteiger charge is -2.20. The quantitative estimate of drug-likeness (QED) is 0.273. The molecule has 0 aromatic rings. The Balaban J connectivity index is 4.47. The fourth-order valence-electron chi connectivity index (χ4n) is 1.26. The second kappa shape index (κ2) is 9.19. The molecular weight excluding hydrogens is 302 g/mol. The largest absolute Gasteiger partial charge is 0.481 e. The summed E-state index contributed by atoms with van der Waals surface area (Å²) in [6, 6.07) is -3.25. The molecule has 6 N–H and O–H groups in total. The van der Waals surface area contributed by atoms with Gasteiger partial charge in [0.1, 0.15) is 12.1 Å². The summed E-state index contributed by atoms with van der Waals surface area (Å²) in [7, 11) is 0. The van der Waals surface area contributed by atoms with Crippen LogP contribution in [0.1, 0.15) is 19.8 Å². The number of thiol groups is 1. The molecule has 0 fully saturated rings. The third-order valence-corrected chi connectivity index (χ3v) is 2.92. The minimum absolute atomic E-state index is 0.0600. The van der Waals surface area contributed by atoms with Crippen LogP contribution in [0, 0.1) is 0 Å². The van der Waals surface area contributed by atoms with Crippen LogP contribution in [0.2, 0.25) is 0 Å². The molecule has 0 aromatic carbocycles. The summed E-state index contributed by atoms with van der Waals surface area (Å²) in [6.45, 7) is 1.27. The highest BCUT2D eigenvalue weighted by Gasteiger charge is 2.25. The Morgan fingerprint density at radius 1 is 1.14 bits per heavy atom. The van der Waals surface area contributed by atoms with Crippen molar-refractivity contribution in [1.82, 2.24) is 10.6 Å². The second-order valence-electron chi connectivity index (χ2n) is 4.35. The first-order valence-electron chi connectivity index (χ1n) is 6.10. The van der Waals surface area contributed by atoms with Gasteiger partial charge in [-0.25, -0.2) is 0 Å². The molecule has 0 aromatic heterocycles. The first kappa shape index (κ1) is 19.2. The molecule has 0 heterocycles. The highest BCUT2D eigenvalue weighted by atomic mass is 32.1. The summed E-state index contributed by atoms with van der Waals surface area (Å²) >= 11 is 3.90. The van der Waals surface area contributed by atoms with Gasteiger partial charge in [0, 0.05) is 12.2 Å². The molecule has 120 valence electrons. The number of aliphatic carboxylic acids is 2. The van der Waals surface area contributed by atoms with Crippen molar-refractivity contribution in [3.8, 4) is 0 Å². The molecular formula is C11H19N3O6S. The van der Waals surface area contributed by atoms with Gasteiger partial charge in [-0.05, 0) is 13.3 Å². The number of carbonyl (C=O) groups excluding carboxylic acids is 2. The van der Waals surface area contributed by atoms with Crippen LogP contribution in [0.15, 0.2) is 0 Å².